The van der Waals surface area contributed by atoms with Crippen LogP contribution < -0.4 is 10.1 Å². The molecule has 0 spiro atoms. The number of halogens is 6. The molecular weight excluding hydrogens is 646 g/mol. The summed E-state index contributed by atoms with van der Waals surface area (Å²) in [5.41, 5.74) is -7.51. The van der Waals surface area contributed by atoms with Crippen LogP contribution in [-0.4, -0.2) is 66.2 Å². The van der Waals surface area contributed by atoms with Crippen LogP contribution in [0.4, 0.5) is 31.1 Å². The first kappa shape index (κ1) is 37.1. The minimum absolute atomic E-state index is 0.00961. The molecular formula is C34H42F6N2O6. The Morgan fingerprint density at radius 2 is 1.75 bits per heavy atom. The predicted octanol–water partition coefficient (Wildman–Crippen LogP) is 7.46. The zero-order chi connectivity index (χ0) is 35.3. The lowest BCUT2D eigenvalue weighted by Gasteiger charge is -2.36. The van der Waals surface area contributed by atoms with Crippen molar-refractivity contribution in [2.75, 3.05) is 26.4 Å². The van der Waals surface area contributed by atoms with Crippen molar-refractivity contribution in [1.82, 2.24) is 10.2 Å². The number of nitrogens with zero attached hydrogens (tertiary/aromatic N) is 1. The van der Waals surface area contributed by atoms with Gasteiger partial charge < -0.3 is 24.6 Å². The van der Waals surface area contributed by atoms with Gasteiger partial charge in [-0.2, -0.15) is 26.3 Å². The van der Waals surface area contributed by atoms with Crippen LogP contribution in [0, 0.1) is 5.92 Å². The van der Waals surface area contributed by atoms with E-state index in [0.29, 0.717) is 81.8 Å². The number of carbonyl (C=O) groups excluding carboxylic acids is 2. The van der Waals surface area contributed by atoms with E-state index in [1.54, 1.807) is 19.1 Å². The van der Waals surface area contributed by atoms with Gasteiger partial charge in [-0.25, -0.2) is 4.79 Å². The summed E-state index contributed by atoms with van der Waals surface area (Å²) in [6.07, 6.45) is -2.37. The lowest BCUT2D eigenvalue weighted by atomic mass is 9.77. The molecule has 0 bridgehead atoms. The maximum Gasteiger partial charge on any atom is 0.430 e. The Bertz CT molecular complexity index is 1420. The Kier molecular flexibility index (Phi) is 11.5. The average Bonchev–Trinajstić information content (AvgIpc) is 3.29. The molecule has 2 aliphatic heterocycles. The standard InChI is InChI=1S/C34H42F6N2O6/c1-4-7-8-12-23-20-25(32(45,33(35,36)37)34(38,39)40)19-22(11-5-2)28(23)48-16-10-9-15-42-29(43)31(6-3,41-30(42)44)24-13-14-26-27(21-24)47-18-17-46-26/h8,12-14,19-20,24,45H,4-7,9-11,15-18,21H2,1-3H3,(H,41,44)/b12-8+. The van der Waals surface area contributed by atoms with Gasteiger partial charge in [-0.15, -0.1) is 0 Å². The number of imide groups is 1. The summed E-state index contributed by atoms with van der Waals surface area (Å²) >= 11 is 0. The number of amides is 3. The molecule has 266 valence electrons. The van der Waals surface area contributed by atoms with Crippen molar-refractivity contribution in [3.8, 4) is 5.75 Å². The first-order chi connectivity index (χ1) is 22.6. The van der Waals surface area contributed by atoms with E-state index < -0.39 is 35.1 Å². The fourth-order valence-electron chi connectivity index (χ4n) is 6.27. The highest BCUT2D eigenvalue weighted by atomic mass is 19.4. The Hall–Kier alpha value is -3.68. The number of alkyl halides is 6. The number of aryl methyl sites for hydroxylation is 1. The van der Waals surface area contributed by atoms with Gasteiger partial charge in [0, 0.05) is 30.0 Å². The zero-order valence-electron chi connectivity index (χ0n) is 27.2. The molecule has 2 unspecified atom stereocenters. The van der Waals surface area contributed by atoms with E-state index in [9.17, 15) is 41.0 Å². The molecule has 4 rings (SSSR count). The van der Waals surface area contributed by atoms with Crippen molar-refractivity contribution in [1.29, 1.82) is 0 Å². The number of nitrogens with one attached hydrogen (secondary N) is 1. The monoisotopic (exact) mass is 688 g/mol. The third kappa shape index (κ3) is 7.18. The van der Waals surface area contributed by atoms with Gasteiger partial charge in [0.25, 0.3) is 11.5 Å². The average molecular weight is 689 g/mol. The van der Waals surface area contributed by atoms with Crippen LogP contribution in [0.3, 0.4) is 0 Å². The maximum atomic E-state index is 13.8. The summed E-state index contributed by atoms with van der Waals surface area (Å²) in [6, 6.07) is 0.850. The summed E-state index contributed by atoms with van der Waals surface area (Å²) in [5.74, 6) is 0.664. The molecule has 1 aromatic rings. The van der Waals surface area contributed by atoms with Crippen LogP contribution in [0.15, 0.2) is 41.9 Å². The van der Waals surface area contributed by atoms with Crippen LogP contribution in [0.5, 0.6) is 5.75 Å². The van der Waals surface area contributed by atoms with Gasteiger partial charge in [0.05, 0.1) is 6.61 Å². The largest absolute Gasteiger partial charge is 0.493 e. The Labute approximate surface area is 275 Å². The van der Waals surface area contributed by atoms with Crippen LogP contribution >= 0.6 is 0 Å². The summed E-state index contributed by atoms with van der Waals surface area (Å²) in [6.45, 7) is 6.32. The minimum Gasteiger partial charge on any atom is -0.493 e. The molecule has 0 aromatic heterocycles. The molecule has 0 radical (unpaired) electrons. The fraction of sp³-hybridized carbons (Fsp3) is 0.588. The van der Waals surface area contributed by atoms with E-state index in [4.69, 9.17) is 14.2 Å². The van der Waals surface area contributed by atoms with E-state index in [-0.39, 0.29) is 48.3 Å². The highest BCUT2D eigenvalue weighted by Gasteiger charge is 2.71. The molecule has 3 aliphatic rings. The van der Waals surface area contributed by atoms with Gasteiger partial charge in [0.1, 0.15) is 30.3 Å². The van der Waals surface area contributed by atoms with Crippen molar-refractivity contribution in [2.45, 2.75) is 95.6 Å². The van der Waals surface area contributed by atoms with Gasteiger partial charge in [0.15, 0.2) is 5.76 Å². The van der Waals surface area contributed by atoms with Gasteiger partial charge in [-0.3, -0.25) is 9.69 Å². The second-order valence-electron chi connectivity index (χ2n) is 12.1. The second-order valence-corrected chi connectivity index (χ2v) is 12.1. The number of rotatable bonds is 14. The normalized spacial score (nSPS) is 21.8. The Morgan fingerprint density at radius 3 is 2.40 bits per heavy atom. The van der Waals surface area contributed by atoms with Gasteiger partial charge >= 0.3 is 18.4 Å². The van der Waals surface area contributed by atoms with E-state index in [2.05, 4.69) is 5.32 Å². The number of aliphatic hydroxyl groups is 1. The smallest absolute Gasteiger partial charge is 0.430 e. The first-order valence-electron chi connectivity index (χ1n) is 16.3. The van der Waals surface area contributed by atoms with Crippen molar-refractivity contribution in [3.05, 3.63) is 58.6 Å². The van der Waals surface area contributed by atoms with E-state index in [1.807, 2.05) is 19.9 Å². The second kappa shape index (κ2) is 14.8. The van der Waals surface area contributed by atoms with Gasteiger partial charge in [-0.1, -0.05) is 51.8 Å². The summed E-state index contributed by atoms with van der Waals surface area (Å²) < 4.78 is 99.9. The molecule has 48 heavy (non-hydrogen) atoms. The first-order valence-corrected chi connectivity index (χ1v) is 16.3. The maximum absolute atomic E-state index is 13.8. The number of ether oxygens (including phenoxy) is 3. The summed E-state index contributed by atoms with van der Waals surface area (Å²) in [7, 11) is 0. The van der Waals surface area contributed by atoms with Crippen molar-refractivity contribution < 1.29 is 55.2 Å². The lowest BCUT2D eigenvalue weighted by Crippen LogP contribution is -2.54. The number of urea groups is 1. The molecule has 14 heteroatoms. The van der Waals surface area contributed by atoms with Gasteiger partial charge in [-0.05, 0) is 55.9 Å². The fourth-order valence-corrected chi connectivity index (χ4v) is 6.27. The molecule has 2 heterocycles. The van der Waals surface area contributed by atoms with Crippen molar-refractivity contribution >= 4 is 18.0 Å². The third-order valence-electron chi connectivity index (χ3n) is 8.90. The molecule has 8 nitrogen and oxygen atoms in total. The SMILES string of the molecule is CCC/C=C/c1cc(C(O)(C(F)(F)F)C(F)(F)F)cc(CCC)c1OCCCCN1C(=O)NC(CC)(C2C=CC3=C(C2)OCCO3)C1=O. The molecule has 2 atom stereocenters. The molecule has 0 saturated carbocycles. The van der Waals surface area contributed by atoms with Gasteiger partial charge in [0.2, 0.25) is 0 Å². The van der Waals surface area contributed by atoms with E-state index in [1.165, 1.54) is 6.08 Å². The van der Waals surface area contributed by atoms with Crippen molar-refractivity contribution in [2.24, 2.45) is 5.92 Å². The number of allylic oxidation sites excluding steroid dienone is 3. The quantitative estimate of drug-likeness (QED) is 0.120. The van der Waals surface area contributed by atoms with E-state index >= 15 is 0 Å². The molecule has 2 N–H and O–H groups in total. The summed E-state index contributed by atoms with van der Waals surface area (Å²) in [5, 5.41) is 13.0. The highest BCUT2D eigenvalue weighted by Crippen LogP contribution is 2.51. The molecule has 1 saturated heterocycles. The Balaban J connectivity index is 1.48. The van der Waals surface area contributed by atoms with Crippen LogP contribution in [-0.2, 0) is 26.3 Å². The van der Waals surface area contributed by atoms with E-state index in [0.717, 1.165) is 4.90 Å². The van der Waals surface area contributed by atoms with Crippen molar-refractivity contribution in [3.63, 3.8) is 0 Å². The van der Waals surface area contributed by atoms with Crippen LogP contribution in [0.2, 0.25) is 0 Å². The molecule has 1 aliphatic carbocycles. The number of carbonyl (C=O) groups is 2. The van der Waals surface area contributed by atoms with Crippen LogP contribution in [0.25, 0.3) is 6.08 Å². The zero-order valence-corrected chi connectivity index (χ0v) is 27.2. The minimum atomic E-state index is -6.03. The number of unbranched alkanes of at least 4 members (excludes halogenated alkanes) is 2. The number of hydrogen-bond acceptors (Lipinski definition) is 6. The summed E-state index contributed by atoms with van der Waals surface area (Å²) in [4.78, 5) is 27.8. The van der Waals surface area contributed by atoms with Crippen LogP contribution in [0.1, 0.15) is 82.4 Å². The molecule has 1 fully saturated rings. The lowest BCUT2D eigenvalue weighted by molar-refractivity contribution is -0.376. The predicted molar refractivity (Wildman–Crippen MR) is 165 cm³/mol. The molecule has 1 aromatic carbocycles. The Morgan fingerprint density at radius 1 is 1.04 bits per heavy atom. The highest BCUT2D eigenvalue weighted by molar-refractivity contribution is 6.07. The topological polar surface area (TPSA) is 97.3 Å². The number of hydrogen-bond donors (Lipinski definition) is 2. The number of benzene rings is 1. The third-order valence-corrected chi connectivity index (χ3v) is 8.90. The molecule has 3 amide bonds.